The topological polar surface area (TPSA) is 51.3 Å². The van der Waals surface area contributed by atoms with Crippen LogP contribution in [0.15, 0.2) is 127 Å². The van der Waals surface area contributed by atoms with Gasteiger partial charge >= 0.3 is 0 Å². The molecule has 0 saturated carbocycles. The lowest BCUT2D eigenvalue weighted by Gasteiger charge is -2.26. The fraction of sp³-hybridized carbons (Fsp3) is 0. The zero-order valence-electron chi connectivity index (χ0n) is 19.8. The highest BCUT2D eigenvalue weighted by Crippen LogP contribution is 2.48. The second kappa shape index (κ2) is 8.21. The molecule has 5 aromatic carbocycles. The van der Waals surface area contributed by atoms with Crippen LogP contribution in [0.25, 0.3) is 39.0 Å². The van der Waals surface area contributed by atoms with Crippen LogP contribution in [-0.2, 0) is 0 Å². The fourth-order valence-electron chi connectivity index (χ4n) is 5.43. The van der Waals surface area contributed by atoms with E-state index in [4.69, 9.17) is 0 Å². The molecule has 5 heteroatoms. The largest absolute Gasteiger partial charge is 0.308 e. The Morgan fingerprint density at radius 3 is 2.03 bits per heavy atom. The molecule has 5 nitrogen and oxygen atoms in total. The zero-order chi connectivity index (χ0) is 24.9. The molecule has 0 amide bonds. The van der Waals surface area contributed by atoms with Gasteiger partial charge in [-0.15, -0.1) is 0 Å². The molecule has 0 bridgehead atoms. The number of hydrogen-bond acceptors (Lipinski definition) is 3. The Kier molecular flexibility index (Phi) is 4.69. The van der Waals surface area contributed by atoms with Gasteiger partial charge in [-0.3, -0.25) is 10.1 Å². The minimum Gasteiger partial charge on any atom is -0.308 e. The van der Waals surface area contributed by atoms with Crippen molar-refractivity contribution in [2.24, 2.45) is 0 Å². The van der Waals surface area contributed by atoms with Crippen molar-refractivity contribution in [1.82, 2.24) is 4.57 Å². The summed E-state index contributed by atoms with van der Waals surface area (Å²) >= 11 is 0. The van der Waals surface area contributed by atoms with Crippen LogP contribution in [0, 0.1) is 10.1 Å². The Hall–Kier alpha value is -5.16. The minimum absolute atomic E-state index is 0.108. The molecule has 0 radical (unpaired) electrons. The van der Waals surface area contributed by atoms with Crippen LogP contribution < -0.4 is 4.90 Å². The summed E-state index contributed by atoms with van der Waals surface area (Å²) in [7, 11) is 0. The van der Waals surface area contributed by atoms with Gasteiger partial charge in [0, 0.05) is 22.7 Å². The van der Waals surface area contributed by atoms with Crippen molar-refractivity contribution in [2.75, 3.05) is 4.90 Å². The molecule has 7 rings (SSSR count). The number of aromatic nitrogens is 1. The van der Waals surface area contributed by atoms with E-state index in [2.05, 4.69) is 100 Å². The first-order chi connectivity index (χ1) is 18.2. The highest BCUT2D eigenvalue weighted by atomic mass is 16.6. The third kappa shape index (κ3) is 3.25. The van der Waals surface area contributed by atoms with Crippen molar-refractivity contribution in [2.45, 2.75) is 0 Å². The fourth-order valence-corrected chi connectivity index (χ4v) is 5.43. The summed E-state index contributed by atoms with van der Waals surface area (Å²) in [5, 5.41) is 12.7. The number of benzene rings is 5. The van der Waals surface area contributed by atoms with Crippen molar-refractivity contribution >= 4 is 33.7 Å². The monoisotopic (exact) mass is 479 g/mol. The summed E-state index contributed by atoms with van der Waals surface area (Å²) in [6, 6.07) is 42.5. The molecule has 0 spiro atoms. The van der Waals surface area contributed by atoms with Gasteiger partial charge in [-0.25, -0.2) is 0 Å². The Balaban J connectivity index is 1.52. The number of hydrogen-bond donors (Lipinski definition) is 0. The number of para-hydroxylation sites is 5. The van der Waals surface area contributed by atoms with Crippen LogP contribution in [-0.4, -0.2) is 9.49 Å². The molecule has 37 heavy (non-hydrogen) atoms. The van der Waals surface area contributed by atoms with Crippen LogP contribution in [0.3, 0.4) is 0 Å². The number of anilines is 3. The normalized spacial score (nSPS) is 11.9. The van der Waals surface area contributed by atoms with E-state index in [0.29, 0.717) is 5.56 Å². The molecule has 0 aliphatic carbocycles. The lowest BCUT2D eigenvalue weighted by molar-refractivity contribution is -0.384. The third-order valence-electron chi connectivity index (χ3n) is 7.01. The van der Waals surface area contributed by atoms with Gasteiger partial charge in [0.15, 0.2) is 0 Å². The molecule has 6 aromatic rings. The van der Waals surface area contributed by atoms with Gasteiger partial charge in [-0.2, -0.15) is 0 Å². The lowest BCUT2D eigenvalue weighted by Crippen LogP contribution is -2.11. The van der Waals surface area contributed by atoms with Crippen molar-refractivity contribution in [1.29, 1.82) is 0 Å². The van der Waals surface area contributed by atoms with Crippen LogP contribution in [0.4, 0.5) is 22.7 Å². The summed E-state index contributed by atoms with van der Waals surface area (Å²) in [6.07, 6.45) is 0. The number of fused-ring (bicyclic) bond motifs is 7. The summed E-state index contributed by atoms with van der Waals surface area (Å²) in [4.78, 5) is 13.7. The van der Waals surface area contributed by atoms with Crippen LogP contribution in [0.1, 0.15) is 0 Å². The van der Waals surface area contributed by atoms with Gasteiger partial charge in [-0.1, -0.05) is 66.7 Å². The second-order valence-electron chi connectivity index (χ2n) is 9.09. The highest BCUT2D eigenvalue weighted by Gasteiger charge is 2.27. The lowest BCUT2D eigenvalue weighted by atomic mass is 10.0. The van der Waals surface area contributed by atoms with E-state index in [1.165, 1.54) is 0 Å². The molecule has 0 atom stereocenters. The van der Waals surface area contributed by atoms with Gasteiger partial charge in [0.25, 0.3) is 5.69 Å². The summed E-state index contributed by atoms with van der Waals surface area (Å²) in [5.41, 5.74) is 9.15. The molecule has 0 saturated heterocycles. The van der Waals surface area contributed by atoms with Crippen molar-refractivity contribution in [3.8, 4) is 28.1 Å². The van der Waals surface area contributed by atoms with Crippen LogP contribution in [0.2, 0.25) is 0 Å². The molecule has 1 aromatic heterocycles. The first-order valence-electron chi connectivity index (χ1n) is 12.1. The van der Waals surface area contributed by atoms with Gasteiger partial charge in [0.05, 0.1) is 38.8 Å². The maximum Gasteiger partial charge on any atom is 0.277 e. The number of nitro groups is 1. The van der Waals surface area contributed by atoms with E-state index in [9.17, 15) is 10.1 Å². The third-order valence-corrected chi connectivity index (χ3v) is 7.01. The van der Waals surface area contributed by atoms with E-state index < -0.39 is 0 Å². The van der Waals surface area contributed by atoms with E-state index in [1.807, 2.05) is 24.3 Å². The molecule has 176 valence electrons. The molecular weight excluding hydrogens is 458 g/mol. The number of nitrogens with zero attached hydrogens (tertiary/aromatic N) is 3. The van der Waals surface area contributed by atoms with Gasteiger partial charge < -0.3 is 9.47 Å². The Morgan fingerprint density at radius 1 is 0.595 bits per heavy atom. The Morgan fingerprint density at radius 2 is 1.24 bits per heavy atom. The minimum atomic E-state index is -0.320. The highest BCUT2D eigenvalue weighted by molar-refractivity contribution is 6.00. The summed E-state index contributed by atoms with van der Waals surface area (Å²) < 4.78 is 2.30. The molecule has 1 aliphatic rings. The van der Waals surface area contributed by atoms with Crippen molar-refractivity contribution in [3.63, 3.8) is 0 Å². The van der Waals surface area contributed by atoms with E-state index in [-0.39, 0.29) is 10.6 Å². The van der Waals surface area contributed by atoms with Gasteiger partial charge in [0.1, 0.15) is 0 Å². The van der Waals surface area contributed by atoms with Crippen LogP contribution in [0.5, 0.6) is 0 Å². The molecule has 1 aliphatic heterocycles. The quantitative estimate of drug-likeness (QED) is 0.188. The second-order valence-corrected chi connectivity index (χ2v) is 9.09. The molecule has 0 N–H and O–H groups in total. The Bertz CT molecular complexity index is 1820. The Labute approximate surface area is 213 Å². The molecule has 0 unspecified atom stereocenters. The summed E-state index contributed by atoms with van der Waals surface area (Å²) in [5.74, 6) is 0. The predicted octanol–water partition coefficient (Wildman–Crippen LogP) is 8.66. The predicted molar refractivity (Wildman–Crippen MR) is 149 cm³/mol. The van der Waals surface area contributed by atoms with E-state index >= 15 is 0 Å². The van der Waals surface area contributed by atoms with Gasteiger partial charge in [-0.05, 0) is 60.2 Å². The number of rotatable bonds is 3. The van der Waals surface area contributed by atoms with Crippen molar-refractivity contribution in [3.05, 3.63) is 138 Å². The number of nitro benzene ring substituents is 1. The average molecular weight is 480 g/mol. The van der Waals surface area contributed by atoms with Crippen molar-refractivity contribution < 1.29 is 4.92 Å². The first-order valence-corrected chi connectivity index (χ1v) is 12.1. The van der Waals surface area contributed by atoms with E-state index in [1.54, 1.807) is 12.1 Å². The first kappa shape index (κ1) is 21.1. The smallest absolute Gasteiger partial charge is 0.277 e. The molecule has 0 fully saturated rings. The van der Waals surface area contributed by atoms with Crippen LogP contribution >= 0.6 is 0 Å². The zero-order valence-corrected chi connectivity index (χ0v) is 19.8. The summed E-state index contributed by atoms with van der Waals surface area (Å²) in [6.45, 7) is 0. The molecular formula is C32H21N3O2. The standard InChI is InChI=1S/C32H21N3O2/c36-35(37)29-15-7-4-12-25(29)22-18-19-27-23(20-22)21-32-26-13-5-6-14-28(26)33(24-10-2-1-3-11-24)30-16-8-9-17-31(30)34(27)32/h1-21H. The van der Waals surface area contributed by atoms with Gasteiger partial charge in [0.2, 0.25) is 0 Å². The SMILES string of the molecule is O=[N+]([O-])c1ccccc1-c1ccc2c(c1)cc1n2-c2ccccc2N(c2ccccc2)c2ccccc2-1. The maximum absolute atomic E-state index is 11.7. The average Bonchev–Trinajstić information content (AvgIpc) is 3.27. The maximum atomic E-state index is 11.7. The van der Waals surface area contributed by atoms with E-state index in [0.717, 1.165) is 50.5 Å². The molecule has 2 heterocycles.